The normalized spacial score (nSPS) is 17.5. The number of amides is 1. The molecule has 21 heavy (non-hydrogen) atoms. The molecular weight excluding hydrogens is 260 g/mol. The molecule has 1 unspecified atom stereocenters. The third kappa shape index (κ3) is 4.92. The maximum absolute atomic E-state index is 12.0. The zero-order valence-electron chi connectivity index (χ0n) is 13.1. The first-order valence-electron chi connectivity index (χ1n) is 7.86. The molecule has 1 aliphatic carbocycles. The van der Waals surface area contributed by atoms with Crippen LogP contribution in [0.1, 0.15) is 31.2 Å². The van der Waals surface area contributed by atoms with Gasteiger partial charge in [-0.05, 0) is 49.8 Å². The lowest BCUT2D eigenvalue weighted by Crippen LogP contribution is -2.32. The van der Waals surface area contributed by atoms with Gasteiger partial charge >= 0.3 is 0 Å². The second kappa shape index (κ2) is 7.87. The van der Waals surface area contributed by atoms with Crippen LogP contribution in [-0.4, -0.2) is 26.5 Å². The van der Waals surface area contributed by atoms with E-state index < -0.39 is 0 Å². The summed E-state index contributed by atoms with van der Waals surface area (Å²) in [5, 5.41) is 3.07. The van der Waals surface area contributed by atoms with Crippen molar-refractivity contribution in [1.29, 1.82) is 0 Å². The minimum atomic E-state index is 0.189. The lowest BCUT2D eigenvalue weighted by Gasteiger charge is -2.17. The first-order chi connectivity index (χ1) is 10.2. The van der Waals surface area contributed by atoms with Gasteiger partial charge in [0.2, 0.25) is 5.91 Å². The molecule has 114 valence electrons. The molecule has 0 spiro atoms. The SMILES string of the molecule is CN(C)c1ccc(CCCNC(=O)C2CC=CCC2)cc1. The average Bonchev–Trinajstić information content (AvgIpc) is 2.52. The van der Waals surface area contributed by atoms with Gasteiger partial charge in [0.25, 0.3) is 0 Å². The second-order valence-corrected chi connectivity index (χ2v) is 5.94. The van der Waals surface area contributed by atoms with Crippen molar-refractivity contribution in [2.75, 3.05) is 25.5 Å². The van der Waals surface area contributed by atoms with Crippen LogP contribution in [0.15, 0.2) is 36.4 Å². The van der Waals surface area contributed by atoms with Gasteiger partial charge in [-0.25, -0.2) is 0 Å². The number of benzene rings is 1. The topological polar surface area (TPSA) is 32.3 Å². The van der Waals surface area contributed by atoms with Crippen LogP contribution in [0.25, 0.3) is 0 Å². The molecule has 0 aromatic heterocycles. The van der Waals surface area contributed by atoms with Crippen LogP contribution < -0.4 is 10.2 Å². The lowest BCUT2D eigenvalue weighted by atomic mass is 9.93. The number of nitrogens with one attached hydrogen (secondary N) is 1. The molecule has 0 saturated heterocycles. The van der Waals surface area contributed by atoms with Crippen LogP contribution in [0.5, 0.6) is 0 Å². The second-order valence-electron chi connectivity index (χ2n) is 5.94. The molecule has 0 heterocycles. The van der Waals surface area contributed by atoms with Crippen LogP contribution in [-0.2, 0) is 11.2 Å². The van der Waals surface area contributed by atoms with E-state index >= 15 is 0 Å². The van der Waals surface area contributed by atoms with Gasteiger partial charge in [0.1, 0.15) is 0 Å². The summed E-state index contributed by atoms with van der Waals surface area (Å²) in [6.07, 6.45) is 9.23. The Hall–Kier alpha value is -1.77. The molecule has 1 N–H and O–H groups in total. The maximum Gasteiger partial charge on any atom is 0.223 e. The number of anilines is 1. The molecule has 2 rings (SSSR count). The van der Waals surface area contributed by atoms with Crippen LogP contribution >= 0.6 is 0 Å². The summed E-state index contributed by atoms with van der Waals surface area (Å²) in [5.41, 5.74) is 2.55. The standard InChI is InChI=1S/C18H26N2O/c1-20(2)17-12-10-15(11-13-17)7-6-14-19-18(21)16-8-4-3-5-9-16/h3-4,10-13,16H,5-9,14H2,1-2H3,(H,19,21). The Labute approximate surface area is 128 Å². The number of carbonyl (C=O) groups is 1. The summed E-state index contributed by atoms with van der Waals surface area (Å²) in [5.74, 6) is 0.414. The maximum atomic E-state index is 12.0. The minimum Gasteiger partial charge on any atom is -0.378 e. The van der Waals surface area contributed by atoms with E-state index in [2.05, 4.69) is 46.6 Å². The molecule has 1 aliphatic rings. The predicted octanol–water partition coefficient (Wildman–Crippen LogP) is 3.16. The van der Waals surface area contributed by atoms with Gasteiger partial charge in [-0.2, -0.15) is 0 Å². The molecule has 0 aliphatic heterocycles. The Morgan fingerprint density at radius 2 is 2.00 bits per heavy atom. The molecule has 1 atom stereocenters. The van der Waals surface area contributed by atoms with E-state index in [1.807, 2.05) is 14.1 Å². The fourth-order valence-corrected chi connectivity index (χ4v) is 2.64. The zero-order valence-corrected chi connectivity index (χ0v) is 13.1. The van der Waals surface area contributed by atoms with Crippen molar-refractivity contribution >= 4 is 11.6 Å². The third-order valence-electron chi connectivity index (χ3n) is 4.03. The summed E-state index contributed by atoms with van der Waals surface area (Å²) >= 11 is 0. The summed E-state index contributed by atoms with van der Waals surface area (Å²) in [4.78, 5) is 14.1. The van der Waals surface area contributed by atoms with E-state index in [1.165, 1.54) is 11.3 Å². The molecule has 1 aromatic carbocycles. The number of hydrogen-bond acceptors (Lipinski definition) is 2. The number of aryl methyl sites for hydroxylation is 1. The Bertz CT molecular complexity index is 476. The Balaban J connectivity index is 1.67. The number of nitrogens with zero attached hydrogens (tertiary/aromatic N) is 1. The number of hydrogen-bond donors (Lipinski definition) is 1. The molecule has 3 heteroatoms. The number of carbonyl (C=O) groups excluding carboxylic acids is 1. The van der Waals surface area contributed by atoms with Gasteiger partial charge in [0.15, 0.2) is 0 Å². The highest BCUT2D eigenvalue weighted by atomic mass is 16.1. The quantitative estimate of drug-likeness (QED) is 0.643. The molecule has 0 bridgehead atoms. The lowest BCUT2D eigenvalue weighted by molar-refractivity contribution is -0.125. The van der Waals surface area contributed by atoms with Gasteiger partial charge in [0.05, 0.1) is 0 Å². The predicted molar refractivity (Wildman–Crippen MR) is 88.6 cm³/mol. The van der Waals surface area contributed by atoms with Crippen molar-refractivity contribution in [3.63, 3.8) is 0 Å². The van der Waals surface area contributed by atoms with Gasteiger partial charge in [-0.1, -0.05) is 24.3 Å². The monoisotopic (exact) mass is 286 g/mol. The van der Waals surface area contributed by atoms with Crippen LogP contribution in [0, 0.1) is 5.92 Å². The van der Waals surface area contributed by atoms with E-state index in [-0.39, 0.29) is 11.8 Å². The summed E-state index contributed by atoms with van der Waals surface area (Å²) in [7, 11) is 4.09. The summed E-state index contributed by atoms with van der Waals surface area (Å²) in [6, 6.07) is 8.62. The van der Waals surface area contributed by atoms with Gasteiger partial charge in [-0.15, -0.1) is 0 Å². The van der Waals surface area contributed by atoms with E-state index in [4.69, 9.17) is 0 Å². The summed E-state index contributed by atoms with van der Waals surface area (Å²) < 4.78 is 0. The number of allylic oxidation sites excluding steroid dienone is 2. The van der Waals surface area contributed by atoms with Crippen LogP contribution in [0.3, 0.4) is 0 Å². The highest BCUT2D eigenvalue weighted by Gasteiger charge is 2.17. The molecule has 3 nitrogen and oxygen atoms in total. The van der Waals surface area contributed by atoms with Crippen molar-refractivity contribution in [2.45, 2.75) is 32.1 Å². The van der Waals surface area contributed by atoms with Gasteiger partial charge in [0, 0.05) is 32.2 Å². The van der Waals surface area contributed by atoms with Gasteiger partial charge in [-0.3, -0.25) is 4.79 Å². The largest absolute Gasteiger partial charge is 0.378 e. The smallest absolute Gasteiger partial charge is 0.223 e. The van der Waals surface area contributed by atoms with E-state index in [1.54, 1.807) is 0 Å². The Kier molecular flexibility index (Phi) is 5.85. The zero-order chi connectivity index (χ0) is 15.1. The molecule has 0 saturated carbocycles. The van der Waals surface area contributed by atoms with Crippen molar-refractivity contribution in [3.05, 3.63) is 42.0 Å². The molecule has 0 fully saturated rings. The Morgan fingerprint density at radius 3 is 2.62 bits per heavy atom. The highest BCUT2D eigenvalue weighted by Crippen LogP contribution is 2.18. The number of rotatable bonds is 6. The first-order valence-corrected chi connectivity index (χ1v) is 7.86. The average molecular weight is 286 g/mol. The van der Waals surface area contributed by atoms with Gasteiger partial charge < -0.3 is 10.2 Å². The first kappa shape index (κ1) is 15.6. The minimum absolute atomic E-state index is 0.189. The van der Waals surface area contributed by atoms with Crippen molar-refractivity contribution in [1.82, 2.24) is 5.32 Å². The van der Waals surface area contributed by atoms with E-state index in [9.17, 15) is 4.79 Å². The molecule has 0 radical (unpaired) electrons. The molecular formula is C18H26N2O. The fraction of sp³-hybridized carbons (Fsp3) is 0.500. The molecule has 1 amide bonds. The molecule has 1 aromatic rings. The van der Waals surface area contributed by atoms with Crippen molar-refractivity contribution in [3.8, 4) is 0 Å². The van der Waals surface area contributed by atoms with E-state index in [0.717, 1.165) is 38.6 Å². The summed E-state index contributed by atoms with van der Waals surface area (Å²) in [6.45, 7) is 0.772. The van der Waals surface area contributed by atoms with Crippen LogP contribution in [0.4, 0.5) is 5.69 Å². The highest BCUT2D eigenvalue weighted by molar-refractivity contribution is 5.78. The van der Waals surface area contributed by atoms with Crippen molar-refractivity contribution in [2.24, 2.45) is 5.92 Å². The Morgan fingerprint density at radius 1 is 1.24 bits per heavy atom. The van der Waals surface area contributed by atoms with E-state index in [0.29, 0.717) is 0 Å². The van der Waals surface area contributed by atoms with Crippen molar-refractivity contribution < 1.29 is 4.79 Å². The fourth-order valence-electron chi connectivity index (χ4n) is 2.64. The third-order valence-corrected chi connectivity index (χ3v) is 4.03. The van der Waals surface area contributed by atoms with Crippen LogP contribution in [0.2, 0.25) is 0 Å².